The summed E-state index contributed by atoms with van der Waals surface area (Å²) in [5, 5.41) is 10.8. The molecule has 5 N–H and O–H groups in total. The minimum Gasteiger partial charge on any atom is -0.399 e. The van der Waals surface area contributed by atoms with E-state index in [0.717, 1.165) is 12.0 Å². The number of anilines is 1. The van der Waals surface area contributed by atoms with E-state index in [4.69, 9.17) is 16.3 Å². The summed E-state index contributed by atoms with van der Waals surface area (Å²) in [6, 6.07) is 12.4. The topological polar surface area (TPSA) is 134 Å². The number of aliphatic imine (C=N–C) groups is 1. The molecule has 0 radical (unpaired) electrons. The first-order valence-corrected chi connectivity index (χ1v) is 11.3. The fraction of sp³-hybridized carbons (Fsp3) is 0.320. The van der Waals surface area contributed by atoms with Gasteiger partial charge in [-0.15, -0.1) is 0 Å². The lowest BCUT2D eigenvalue weighted by Gasteiger charge is -2.35. The van der Waals surface area contributed by atoms with Gasteiger partial charge in [0.15, 0.2) is 0 Å². The van der Waals surface area contributed by atoms with E-state index >= 15 is 0 Å². The van der Waals surface area contributed by atoms with Crippen LogP contribution in [0.25, 0.3) is 6.08 Å². The Morgan fingerprint density at radius 1 is 1.18 bits per heavy atom. The first kappa shape index (κ1) is 23.5. The van der Waals surface area contributed by atoms with E-state index in [-0.39, 0.29) is 30.7 Å². The molecule has 0 saturated carbocycles. The second-order valence-corrected chi connectivity index (χ2v) is 8.51. The first-order valence-electron chi connectivity index (χ1n) is 11.3. The Labute approximate surface area is 198 Å². The van der Waals surface area contributed by atoms with Crippen LogP contribution in [0.4, 0.5) is 11.4 Å². The second-order valence-electron chi connectivity index (χ2n) is 8.51. The van der Waals surface area contributed by atoms with E-state index < -0.39 is 6.10 Å². The number of nitrogens with zero attached hydrogens (tertiary/aromatic N) is 3. The highest BCUT2D eigenvalue weighted by Crippen LogP contribution is 2.29. The number of aliphatic hydroxyl groups excluding tert-OH is 1. The predicted molar refractivity (Wildman–Crippen MR) is 130 cm³/mol. The molecule has 0 spiro atoms. The fourth-order valence-electron chi connectivity index (χ4n) is 3.82. The van der Waals surface area contributed by atoms with E-state index in [2.05, 4.69) is 4.99 Å². The standard InChI is InChI=1S/C25H29N5O4/c1-2-9-30(34-15-16-3-7-20(26)8-4-16)25(33)19-10-17-5-6-18(11-22(17)28-23(27)12-19)24(32)29-13-21(31)14-29/h3-8,10-11,21,31H,2,9,12-15,26H2,1H3,(H2,27,28). The number of fused-ring (bicyclic) bond motifs is 1. The van der Waals surface area contributed by atoms with Crippen LogP contribution in [0.3, 0.4) is 0 Å². The Morgan fingerprint density at radius 2 is 1.91 bits per heavy atom. The van der Waals surface area contributed by atoms with Crippen LogP contribution in [0.5, 0.6) is 0 Å². The van der Waals surface area contributed by atoms with Crippen molar-refractivity contribution in [2.45, 2.75) is 32.5 Å². The molecule has 9 nitrogen and oxygen atoms in total. The first-order chi connectivity index (χ1) is 16.3. The van der Waals surface area contributed by atoms with Gasteiger partial charge in [-0.1, -0.05) is 25.1 Å². The van der Waals surface area contributed by atoms with Gasteiger partial charge in [-0.05, 0) is 42.3 Å². The van der Waals surface area contributed by atoms with Crippen LogP contribution in [0.15, 0.2) is 53.0 Å². The van der Waals surface area contributed by atoms with Crippen LogP contribution in [0, 0.1) is 0 Å². The summed E-state index contributed by atoms with van der Waals surface area (Å²) in [6.07, 6.45) is 2.17. The molecule has 0 bridgehead atoms. The van der Waals surface area contributed by atoms with Crippen molar-refractivity contribution in [3.05, 3.63) is 64.7 Å². The van der Waals surface area contributed by atoms with Crippen molar-refractivity contribution in [1.82, 2.24) is 9.96 Å². The summed E-state index contributed by atoms with van der Waals surface area (Å²) < 4.78 is 0. The van der Waals surface area contributed by atoms with E-state index in [9.17, 15) is 14.7 Å². The molecule has 0 aliphatic carbocycles. The van der Waals surface area contributed by atoms with Gasteiger partial charge in [-0.2, -0.15) is 0 Å². The number of hydrogen-bond donors (Lipinski definition) is 3. The Kier molecular flexibility index (Phi) is 6.95. The fourth-order valence-corrected chi connectivity index (χ4v) is 3.82. The number of carbonyl (C=O) groups excluding carboxylic acids is 2. The SMILES string of the molecule is CCCN(OCc1ccc(N)cc1)C(=O)C1=Cc2ccc(C(=O)N3CC(O)C3)cc2N=C(N)C1. The molecule has 2 aromatic rings. The van der Waals surface area contributed by atoms with E-state index in [1.165, 1.54) is 5.06 Å². The highest BCUT2D eigenvalue weighted by Gasteiger charge is 2.30. The number of hydroxylamine groups is 2. The van der Waals surface area contributed by atoms with Crippen LogP contribution >= 0.6 is 0 Å². The maximum atomic E-state index is 13.3. The van der Waals surface area contributed by atoms with Crippen molar-refractivity contribution in [3.8, 4) is 0 Å². The summed E-state index contributed by atoms with van der Waals surface area (Å²) >= 11 is 0. The number of likely N-dealkylation sites (tertiary alicyclic amines) is 1. The summed E-state index contributed by atoms with van der Waals surface area (Å²) in [6.45, 7) is 3.27. The van der Waals surface area contributed by atoms with Gasteiger partial charge in [-0.25, -0.2) is 10.1 Å². The van der Waals surface area contributed by atoms with Gasteiger partial charge in [0.05, 0.1) is 11.8 Å². The molecular weight excluding hydrogens is 434 g/mol. The van der Waals surface area contributed by atoms with Crippen molar-refractivity contribution in [2.75, 3.05) is 25.4 Å². The lowest BCUT2D eigenvalue weighted by Crippen LogP contribution is -2.53. The highest BCUT2D eigenvalue weighted by molar-refractivity contribution is 6.05. The van der Waals surface area contributed by atoms with Crippen LogP contribution in [-0.4, -0.2) is 58.5 Å². The van der Waals surface area contributed by atoms with Crippen molar-refractivity contribution in [1.29, 1.82) is 0 Å². The van der Waals surface area contributed by atoms with E-state index in [1.807, 2.05) is 19.1 Å². The number of rotatable bonds is 7. The molecule has 0 aromatic heterocycles. The van der Waals surface area contributed by atoms with Gasteiger partial charge >= 0.3 is 0 Å². The third-order valence-electron chi connectivity index (χ3n) is 5.69. The Bertz CT molecular complexity index is 1140. The van der Waals surface area contributed by atoms with Gasteiger partial charge in [0, 0.05) is 48.4 Å². The summed E-state index contributed by atoms with van der Waals surface area (Å²) in [7, 11) is 0. The normalized spacial score (nSPS) is 15.5. The number of aliphatic hydroxyl groups is 1. The van der Waals surface area contributed by atoms with Crippen LogP contribution in [0.1, 0.15) is 41.3 Å². The average Bonchev–Trinajstić information content (AvgIpc) is 2.97. The predicted octanol–water partition coefficient (Wildman–Crippen LogP) is 2.23. The molecule has 9 heteroatoms. The van der Waals surface area contributed by atoms with Gasteiger partial charge < -0.3 is 21.5 Å². The van der Waals surface area contributed by atoms with Gasteiger partial charge in [-0.3, -0.25) is 14.4 Å². The van der Waals surface area contributed by atoms with E-state index in [1.54, 1.807) is 41.3 Å². The second kappa shape index (κ2) is 10.1. The molecule has 4 rings (SSSR count). The molecule has 2 amide bonds. The van der Waals surface area contributed by atoms with E-state index in [0.29, 0.717) is 47.7 Å². The van der Waals surface area contributed by atoms with Crippen molar-refractivity contribution in [3.63, 3.8) is 0 Å². The van der Waals surface area contributed by atoms with Crippen molar-refractivity contribution < 1.29 is 19.5 Å². The summed E-state index contributed by atoms with van der Waals surface area (Å²) in [5.41, 5.74) is 15.6. The molecule has 2 aromatic carbocycles. The molecule has 1 saturated heterocycles. The largest absolute Gasteiger partial charge is 0.399 e. The molecule has 2 aliphatic heterocycles. The molecule has 2 aliphatic rings. The number of nitrogens with two attached hydrogens (primary N) is 2. The van der Waals surface area contributed by atoms with Gasteiger partial charge in [0.1, 0.15) is 12.4 Å². The molecule has 34 heavy (non-hydrogen) atoms. The zero-order valence-corrected chi connectivity index (χ0v) is 19.1. The van der Waals surface area contributed by atoms with Gasteiger partial charge in [0.25, 0.3) is 11.8 Å². The van der Waals surface area contributed by atoms with Crippen LogP contribution in [-0.2, 0) is 16.2 Å². The highest BCUT2D eigenvalue weighted by atomic mass is 16.7. The number of benzene rings is 2. The Hall–Kier alpha value is -3.69. The monoisotopic (exact) mass is 463 g/mol. The smallest absolute Gasteiger partial charge is 0.273 e. The number of amides is 2. The summed E-state index contributed by atoms with van der Waals surface area (Å²) in [5.74, 6) is -0.174. The third kappa shape index (κ3) is 5.27. The number of amidine groups is 1. The minimum atomic E-state index is -0.469. The minimum absolute atomic E-state index is 0.167. The molecule has 2 heterocycles. The quantitative estimate of drug-likeness (QED) is 0.426. The number of nitrogen functional groups attached to an aromatic ring is 1. The van der Waals surface area contributed by atoms with Crippen molar-refractivity contribution in [2.24, 2.45) is 10.7 Å². The lowest BCUT2D eigenvalue weighted by molar-refractivity contribution is -0.187. The maximum Gasteiger partial charge on any atom is 0.273 e. The molecule has 178 valence electrons. The van der Waals surface area contributed by atoms with Gasteiger partial charge in [0.2, 0.25) is 0 Å². The molecule has 1 fully saturated rings. The molecule has 0 unspecified atom stereocenters. The zero-order valence-electron chi connectivity index (χ0n) is 19.1. The summed E-state index contributed by atoms with van der Waals surface area (Å²) in [4.78, 5) is 37.8. The lowest BCUT2D eigenvalue weighted by atomic mass is 10.0. The van der Waals surface area contributed by atoms with Crippen LogP contribution in [0.2, 0.25) is 0 Å². The van der Waals surface area contributed by atoms with Crippen molar-refractivity contribution >= 4 is 35.1 Å². The third-order valence-corrected chi connectivity index (χ3v) is 5.69. The number of hydrogen-bond acceptors (Lipinski definition) is 7. The molecule has 0 atom stereocenters. The Morgan fingerprint density at radius 3 is 2.59 bits per heavy atom. The maximum absolute atomic E-state index is 13.3. The number of β-amino-alcohol motifs (C(OH)–C–C–N with tert-alkyl or cyclic N) is 1. The number of carbonyl (C=O) groups is 2. The van der Waals surface area contributed by atoms with Crippen LogP contribution < -0.4 is 11.5 Å². The average molecular weight is 464 g/mol. The Balaban J connectivity index is 1.53. The zero-order chi connectivity index (χ0) is 24.2. The molecular formula is C25H29N5O4.